The molecule has 0 aromatic heterocycles. The third-order valence-corrected chi connectivity index (χ3v) is 9.12. The number of ether oxygens (including phenoxy) is 1. The highest BCUT2D eigenvalue weighted by atomic mass is 79.9. The van der Waals surface area contributed by atoms with E-state index in [1.165, 1.54) is 0 Å². The van der Waals surface area contributed by atoms with Gasteiger partial charge >= 0.3 is 0 Å². The van der Waals surface area contributed by atoms with Crippen LogP contribution in [-0.2, 0) is 4.43 Å². The van der Waals surface area contributed by atoms with Gasteiger partial charge in [0.2, 0.25) is 0 Å². The van der Waals surface area contributed by atoms with Crippen molar-refractivity contribution in [2.24, 2.45) is 0 Å². The van der Waals surface area contributed by atoms with Crippen molar-refractivity contribution in [2.45, 2.75) is 38.9 Å². The van der Waals surface area contributed by atoms with Crippen LogP contribution in [-0.4, -0.2) is 27.8 Å². The zero-order valence-electron chi connectivity index (χ0n) is 12.8. The zero-order valence-corrected chi connectivity index (χ0v) is 15.4. The third-order valence-electron chi connectivity index (χ3n) is 3.73. The van der Waals surface area contributed by atoms with Gasteiger partial charge in [-0.2, -0.15) is 0 Å². The first-order chi connectivity index (χ1) is 9.19. The van der Waals surface area contributed by atoms with Gasteiger partial charge in [-0.15, -0.1) is 0 Å². The molecule has 0 atom stereocenters. The predicted octanol–water partition coefficient (Wildman–Crippen LogP) is 4.66. The molecule has 0 spiro atoms. The van der Waals surface area contributed by atoms with E-state index in [9.17, 15) is 4.79 Å². The fourth-order valence-electron chi connectivity index (χ4n) is 1.40. The first kappa shape index (κ1) is 17.4. The summed E-state index contributed by atoms with van der Waals surface area (Å²) in [6.07, 6.45) is 0.809. The fourth-order valence-corrected chi connectivity index (χ4v) is 2.89. The lowest BCUT2D eigenvalue weighted by Gasteiger charge is -2.36. The van der Waals surface area contributed by atoms with Gasteiger partial charge in [-0.05, 0) is 40.1 Å². The highest BCUT2D eigenvalue weighted by Crippen LogP contribution is 2.36. The van der Waals surface area contributed by atoms with Crippen molar-refractivity contribution in [2.75, 3.05) is 13.2 Å². The molecular weight excluding hydrogens is 336 g/mol. The van der Waals surface area contributed by atoms with Crippen LogP contribution in [0, 0.1) is 0 Å². The van der Waals surface area contributed by atoms with E-state index in [-0.39, 0.29) is 5.04 Å². The lowest BCUT2D eigenvalue weighted by Crippen LogP contribution is -2.41. The largest absolute Gasteiger partial charge is 0.490 e. The van der Waals surface area contributed by atoms with E-state index < -0.39 is 8.32 Å². The second-order valence-corrected chi connectivity index (χ2v) is 11.8. The number of halogens is 1. The summed E-state index contributed by atoms with van der Waals surface area (Å²) < 4.78 is 12.4. The van der Waals surface area contributed by atoms with Gasteiger partial charge in [-0.3, -0.25) is 4.79 Å². The highest BCUT2D eigenvalue weighted by molar-refractivity contribution is 9.10. The van der Waals surface area contributed by atoms with Gasteiger partial charge in [-0.25, -0.2) is 0 Å². The number of aldehydes is 1. The molecule has 0 aliphatic rings. The molecule has 112 valence electrons. The van der Waals surface area contributed by atoms with Gasteiger partial charge in [0.1, 0.15) is 12.4 Å². The minimum absolute atomic E-state index is 0.199. The molecule has 0 saturated carbocycles. The second kappa shape index (κ2) is 6.87. The molecule has 1 rings (SSSR count). The van der Waals surface area contributed by atoms with E-state index >= 15 is 0 Å². The first-order valence-corrected chi connectivity index (χ1v) is 10.4. The van der Waals surface area contributed by atoms with E-state index in [0.717, 1.165) is 6.29 Å². The van der Waals surface area contributed by atoms with E-state index in [1.54, 1.807) is 12.1 Å². The number of hydrogen-bond acceptors (Lipinski definition) is 3. The molecule has 0 amide bonds. The van der Waals surface area contributed by atoms with Gasteiger partial charge in [-0.1, -0.05) is 32.9 Å². The summed E-state index contributed by atoms with van der Waals surface area (Å²) >= 11 is 3.38. The summed E-state index contributed by atoms with van der Waals surface area (Å²) in [5, 5.41) is 0.199. The fraction of sp³-hybridized carbons (Fsp3) is 0.533. The Balaban J connectivity index is 2.52. The van der Waals surface area contributed by atoms with E-state index in [1.807, 2.05) is 6.07 Å². The van der Waals surface area contributed by atoms with Gasteiger partial charge < -0.3 is 9.16 Å². The molecule has 5 heteroatoms. The van der Waals surface area contributed by atoms with Crippen LogP contribution in [0.4, 0.5) is 0 Å². The quantitative estimate of drug-likeness (QED) is 0.421. The monoisotopic (exact) mass is 358 g/mol. The van der Waals surface area contributed by atoms with Crippen molar-refractivity contribution < 1.29 is 14.0 Å². The highest BCUT2D eigenvalue weighted by Gasteiger charge is 2.36. The minimum Gasteiger partial charge on any atom is -0.490 e. The molecule has 0 unspecified atom stereocenters. The summed E-state index contributed by atoms with van der Waals surface area (Å²) in [7, 11) is -1.72. The van der Waals surface area contributed by atoms with Gasteiger partial charge in [0.15, 0.2) is 14.6 Å². The molecular formula is C15H23BrO3Si. The summed E-state index contributed by atoms with van der Waals surface area (Å²) in [5.41, 5.74) is 0.591. The van der Waals surface area contributed by atoms with Gasteiger partial charge in [0, 0.05) is 5.56 Å². The molecule has 0 aliphatic carbocycles. The average molecular weight is 359 g/mol. The standard InChI is InChI=1S/C15H23BrO3Si/c1-15(2,3)20(4,5)19-10-9-18-13-8-6-7-12(11-17)14(13)16/h6-8,11H,9-10H2,1-5H3. The Bertz CT molecular complexity index is 467. The number of carbonyl (C=O) groups is 1. The molecule has 0 heterocycles. The molecule has 20 heavy (non-hydrogen) atoms. The third kappa shape index (κ3) is 4.43. The molecule has 0 saturated heterocycles. The molecule has 3 nitrogen and oxygen atoms in total. The van der Waals surface area contributed by atoms with E-state index in [4.69, 9.17) is 9.16 Å². The van der Waals surface area contributed by atoms with Crippen LogP contribution in [0.25, 0.3) is 0 Å². The van der Waals surface area contributed by atoms with Crippen molar-refractivity contribution in [3.05, 3.63) is 28.2 Å². The minimum atomic E-state index is -1.72. The van der Waals surface area contributed by atoms with Crippen LogP contribution < -0.4 is 4.74 Å². The maximum Gasteiger partial charge on any atom is 0.192 e. The van der Waals surface area contributed by atoms with Crippen molar-refractivity contribution >= 4 is 30.5 Å². The molecule has 0 N–H and O–H groups in total. The van der Waals surface area contributed by atoms with Crippen LogP contribution in [0.15, 0.2) is 22.7 Å². The molecule has 0 fully saturated rings. The summed E-state index contributed by atoms with van der Waals surface area (Å²) in [6.45, 7) is 12.1. The Labute approximate surface area is 130 Å². The Kier molecular flexibility index (Phi) is 5.98. The Morgan fingerprint density at radius 3 is 2.45 bits per heavy atom. The van der Waals surface area contributed by atoms with E-state index in [0.29, 0.717) is 29.0 Å². The number of hydrogen-bond donors (Lipinski definition) is 0. The van der Waals surface area contributed by atoms with Gasteiger partial charge in [0.25, 0.3) is 0 Å². The zero-order chi connectivity index (χ0) is 15.4. The lowest BCUT2D eigenvalue weighted by atomic mass is 10.2. The summed E-state index contributed by atoms with van der Waals surface area (Å²) in [4.78, 5) is 10.8. The lowest BCUT2D eigenvalue weighted by molar-refractivity contribution is 0.112. The van der Waals surface area contributed by atoms with Crippen molar-refractivity contribution in [1.29, 1.82) is 0 Å². The average Bonchev–Trinajstić information content (AvgIpc) is 2.35. The number of carbonyl (C=O) groups excluding carboxylic acids is 1. The first-order valence-electron chi connectivity index (χ1n) is 6.69. The molecule has 1 aromatic carbocycles. The number of benzene rings is 1. The Hall–Kier alpha value is -0.653. The molecule has 0 radical (unpaired) electrons. The predicted molar refractivity (Wildman–Crippen MR) is 88.2 cm³/mol. The molecule has 0 bridgehead atoms. The van der Waals surface area contributed by atoms with Crippen molar-refractivity contribution in [3.63, 3.8) is 0 Å². The maximum absolute atomic E-state index is 10.8. The Morgan fingerprint density at radius 2 is 1.90 bits per heavy atom. The van der Waals surface area contributed by atoms with Crippen molar-refractivity contribution in [3.8, 4) is 5.75 Å². The van der Waals surface area contributed by atoms with Crippen LogP contribution in [0.1, 0.15) is 31.1 Å². The SMILES string of the molecule is CC(C)(C)[Si](C)(C)OCCOc1cccc(C=O)c1Br. The normalized spacial score (nSPS) is 12.3. The second-order valence-electron chi connectivity index (χ2n) is 6.23. The van der Waals surface area contributed by atoms with E-state index in [2.05, 4.69) is 49.8 Å². The van der Waals surface area contributed by atoms with Crippen molar-refractivity contribution in [1.82, 2.24) is 0 Å². The molecule has 0 aliphatic heterocycles. The smallest absolute Gasteiger partial charge is 0.192 e. The van der Waals surface area contributed by atoms with Crippen LogP contribution in [0.5, 0.6) is 5.75 Å². The van der Waals surface area contributed by atoms with Crippen LogP contribution in [0.3, 0.4) is 0 Å². The van der Waals surface area contributed by atoms with Crippen LogP contribution in [0.2, 0.25) is 18.1 Å². The van der Waals surface area contributed by atoms with Gasteiger partial charge in [0.05, 0.1) is 11.1 Å². The molecule has 1 aromatic rings. The van der Waals surface area contributed by atoms with Crippen LogP contribution >= 0.6 is 15.9 Å². The summed E-state index contributed by atoms with van der Waals surface area (Å²) in [6, 6.07) is 5.39. The Morgan fingerprint density at radius 1 is 1.25 bits per heavy atom. The maximum atomic E-state index is 10.8. The topological polar surface area (TPSA) is 35.5 Å². The number of rotatable bonds is 6. The summed E-state index contributed by atoms with van der Waals surface area (Å²) in [5.74, 6) is 0.674.